The Bertz CT molecular complexity index is 1240. The summed E-state index contributed by atoms with van der Waals surface area (Å²) in [4.78, 5) is 1.09. The van der Waals surface area contributed by atoms with E-state index in [0.29, 0.717) is 17.1 Å². The minimum absolute atomic E-state index is 0.240. The predicted octanol–water partition coefficient (Wildman–Crippen LogP) is 4.36. The van der Waals surface area contributed by atoms with Crippen molar-refractivity contribution in [2.45, 2.75) is 16.8 Å². The van der Waals surface area contributed by atoms with Crippen molar-refractivity contribution in [3.63, 3.8) is 0 Å². The third-order valence-electron chi connectivity index (χ3n) is 5.20. The summed E-state index contributed by atoms with van der Waals surface area (Å²) in [5.41, 5.74) is 4.36. The molecule has 4 rings (SSSR count). The molecule has 3 aromatic carbocycles. The van der Waals surface area contributed by atoms with E-state index in [-0.39, 0.29) is 5.75 Å². The van der Waals surface area contributed by atoms with E-state index in [4.69, 9.17) is 19.3 Å². The van der Waals surface area contributed by atoms with Crippen molar-refractivity contribution >= 4 is 21.8 Å². The first-order valence-electron chi connectivity index (χ1n) is 9.54. The number of rotatable bonds is 6. The molecule has 1 aliphatic heterocycles. The highest BCUT2D eigenvalue weighted by molar-refractivity contribution is 7.98. The number of sulfonamides is 1. The van der Waals surface area contributed by atoms with Crippen LogP contribution < -0.4 is 19.3 Å². The molecule has 6 nitrogen and oxygen atoms in total. The van der Waals surface area contributed by atoms with Gasteiger partial charge >= 0.3 is 0 Å². The number of hydrogen-bond donors (Lipinski definition) is 1. The largest absolute Gasteiger partial charge is 0.493 e. The fourth-order valence-corrected chi connectivity index (χ4v) is 5.15. The first-order chi connectivity index (χ1) is 14.8. The zero-order valence-electron chi connectivity index (χ0n) is 17.4. The summed E-state index contributed by atoms with van der Waals surface area (Å²) in [7, 11) is -0.488. The first kappa shape index (κ1) is 21.5. The number of fused-ring (bicyclic) bond motifs is 3. The second kappa shape index (κ2) is 8.45. The van der Waals surface area contributed by atoms with Gasteiger partial charge in [0, 0.05) is 21.6 Å². The number of hydrogen-bond acceptors (Lipinski definition) is 6. The van der Waals surface area contributed by atoms with Crippen LogP contribution in [0.4, 0.5) is 0 Å². The molecule has 31 heavy (non-hydrogen) atoms. The lowest BCUT2D eigenvalue weighted by molar-refractivity contribution is 0.242. The maximum Gasteiger partial charge on any atom is 0.213 e. The molecule has 0 spiro atoms. The Labute approximate surface area is 186 Å². The molecule has 0 fully saturated rings. The van der Waals surface area contributed by atoms with Gasteiger partial charge in [0.25, 0.3) is 0 Å². The summed E-state index contributed by atoms with van der Waals surface area (Å²) >= 11 is 1.64. The van der Waals surface area contributed by atoms with E-state index in [9.17, 15) is 8.42 Å². The highest BCUT2D eigenvalue weighted by Crippen LogP contribution is 2.49. The zero-order valence-corrected chi connectivity index (χ0v) is 19.0. The Morgan fingerprint density at radius 2 is 1.81 bits per heavy atom. The molecule has 0 bridgehead atoms. The first-order valence-corrected chi connectivity index (χ1v) is 12.5. The van der Waals surface area contributed by atoms with Crippen molar-refractivity contribution in [1.82, 2.24) is 0 Å². The number of ether oxygens (including phenoxy) is 3. The second-order valence-electron chi connectivity index (χ2n) is 7.17. The van der Waals surface area contributed by atoms with E-state index in [1.165, 1.54) is 0 Å². The van der Waals surface area contributed by atoms with Crippen LogP contribution >= 0.6 is 11.8 Å². The van der Waals surface area contributed by atoms with Crippen molar-refractivity contribution in [1.29, 1.82) is 0 Å². The quantitative estimate of drug-likeness (QED) is 0.553. The van der Waals surface area contributed by atoms with Gasteiger partial charge in [-0.25, -0.2) is 13.6 Å². The summed E-state index contributed by atoms with van der Waals surface area (Å²) in [5.74, 6) is 1.75. The van der Waals surface area contributed by atoms with Gasteiger partial charge in [-0.3, -0.25) is 0 Å². The maximum absolute atomic E-state index is 11.7. The van der Waals surface area contributed by atoms with Gasteiger partial charge in [0.05, 0.1) is 20.0 Å². The molecule has 1 heterocycles. The summed E-state index contributed by atoms with van der Waals surface area (Å²) in [5, 5.41) is 5.29. The smallest absolute Gasteiger partial charge is 0.213 e. The molecule has 0 radical (unpaired) electrons. The van der Waals surface area contributed by atoms with Gasteiger partial charge in [0.1, 0.15) is 11.9 Å². The Kier molecular flexibility index (Phi) is 5.88. The van der Waals surface area contributed by atoms with Crippen LogP contribution in [0.1, 0.15) is 22.8 Å². The number of primary sulfonamides is 1. The molecule has 0 aromatic heterocycles. The van der Waals surface area contributed by atoms with Gasteiger partial charge < -0.3 is 14.2 Å². The molecule has 0 saturated carbocycles. The van der Waals surface area contributed by atoms with Crippen LogP contribution in [-0.4, -0.2) is 28.9 Å². The van der Waals surface area contributed by atoms with Gasteiger partial charge in [-0.05, 0) is 41.6 Å². The van der Waals surface area contributed by atoms with E-state index in [2.05, 4.69) is 0 Å². The van der Waals surface area contributed by atoms with E-state index in [1.807, 2.05) is 54.8 Å². The highest BCUT2D eigenvalue weighted by Gasteiger charge is 2.30. The van der Waals surface area contributed by atoms with Crippen LogP contribution in [0.5, 0.6) is 17.2 Å². The molecule has 162 valence electrons. The number of nitrogens with two attached hydrogens (primary N) is 1. The number of benzene rings is 3. The molecule has 8 heteroatoms. The van der Waals surface area contributed by atoms with Crippen molar-refractivity contribution in [3.05, 3.63) is 71.3 Å². The third kappa shape index (κ3) is 4.23. The van der Waals surface area contributed by atoms with Gasteiger partial charge in [0.2, 0.25) is 10.0 Å². The lowest BCUT2D eigenvalue weighted by atomic mass is 9.88. The number of thioether (sulfide) groups is 1. The van der Waals surface area contributed by atoms with Crippen LogP contribution in [0.3, 0.4) is 0 Å². The van der Waals surface area contributed by atoms with Gasteiger partial charge in [-0.1, -0.05) is 30.3 Å². The van der Waals surface area contributed by atoms with E-state index in [0.717, 1.165) is 32.9 Å². The second-order valence-corrected chi connectivity index (χ2v) is 9.64. The Hall–Kier alpha value is -2.68. The Morgan fingerprint density at radius 1 is 1.03 bits per heavy atom. The van der Waals surface area contributed by atoms with Crippen LogP contribution in [0.25, 0.3) is 11.1 Å². The van der Waals surface area contributed by atoms with Crippen LogP contribution in [-0.2, 0) is 15.8 Å². The van der Waals surface area contributed by atoms with Gasteiger partial charge in [-0.2, -0.15) is 0 Å². The van der Waals surface area contributed by atoms with Crippen molar-refractivity contribution in [2.24, 2.45) is 5.14 Å². The minimum Gasteiger partial charge on any atom is -0.493 e. The Balaban J connectivity index is 1.91. The molecule has 1 aliphatic rings. The van der Waals surface area contributed by atoms with Gasteiger partial charge in [-0.15, -0.1) is 11.8 Å². The lowest BCUT2D eigenvalue weighted by Gasteiger charge is -2.31. The molecule has 0 saturated heterocycles. The SMILES string of the molecule is COc1ccc(C2Oc3cccc(SC)c3-c3ccc(CS(N)(=O)=O)cc32)cc1OC. The standard InChI is InChI=1S/C23H23NO5S2/c1-27-18-10-8-15(12-20(18)28-2)23-17-11-14(13-31(24,25)26)7-9-16(17)22-19(29-23)5-4-6-21(22)30-3/h4-12,23H,13H2,1-3H3,(H2,24,25,26). The predicted molar refractivity (Wildman–Crippen MR) is 122 cm³/mol. The molecule has 3 aromatic rings. The van der Waals surface area contributed by atoms with E-state index < -0.39 is 16.1 Å². The highest BCUT2D eigenvalue weighted by atomic mass is 32.2. The fraction of sp³-hybridized carbons (Fsp3) is 0.217. The zero-order chi connectivity index (χ0) is 22.2. The lowest BCUT2D eigenvalue weighted by Crippen LogP contribution is -2.18. The summed E-state index contributed by atoms with van der Waals surface area (Å²) in [6, 6.07) is 17.2. The Morgan fingerprint density at radius 3 is 2.48 bits per heavy atom. The summed E-state index contributed by atoms with van der Waals surface area (Å²) < 4.78 is 40.7. The van der Waals surface area contributed by atoms with Crippen LogP contribution in [0.15, 0.2) is 59.5 Å². The monoisotopic (exact) mass is 457 g/mol. The number of methoxy groups -OCH3 is 2. The van der Waals surface area contributed by atoms with Crippen molar-refractivity contribution in [2.75, 3.05) is 20.5 Å². The molecule has 0 amide bonds. The average Bonchev–Trinajstić information content (AvgIpc) is 2.76. The fourth-order valence-electron chi connectivity index (χ4n) is 3.88. The van der Waals surface area contributed by atoms with Gasteiger partial charge in [0.15, 0.2) is 11.5 Å². The van der Waals surface area contributed by atoms with Crippen molar-refractivity contribution in [3.8, 4) is 28.4 Å². The molecule has 0 aliphatic carbocycles. The maximum atomic E-state index is 11.7. The molecule has 1 atom stereocenters. The molecular formula is C23H23NO5S2. The summed E-state index contributed by atoms with van der Waals surface area (Å²) in [6.07, 6.45) is 1.57. The van der Waals surface area contributed by atoms with Crippen molar-refractivity contribution < 1.29 is 22.6 Å². The molecule has 2 N–H and O–H groups in total. The average molecular weight is 458 g/mol. The normalized spacial score (nSPS) is 14.9. The van der Waals surface area contributed by atoms with Crippen LogP contribution in [0, 0.1) is 0 Å². The topological polar surface area (TPSA) is 87.9 Å². The molecular weight excluding hydrogens is 434 g/mol. The van der Waals surface area contributed by atoms with E-state index >= 15 is 0 Å². The van der Waals surface area contributed by atoms with Crippen LogP contribution in [0.2, 0.25) is 0 Å². The summed E-state index contributed by atoms with van der Waals surface area (Å²) in [6.45, 7) is 0. The molecule has 1 unspecified atom stereocenters. The third-order valence-corrected chi connectivity index (χ3v) is 6.71. The van der Waals surface area contributed by atoms with E-state index in [1.54, 1.807) is 32.0 Å². The minimum atomic E-state index is -3.66.